The number of unbranched alkanes of at least 4 members (excludes halogenated alkanes) is 1. The standard InChI is InChI=1S/C14H21BrN2O2/c1-17(2)9-5-4-8-16-14(18)12-7-6-11(15)10-13(12)19-3/h6-7,10H,4-5,8-9H2,1-3H3,(H,16,18). The lowest BCUT2D eigenvalue weighted by Crippen LogP contribution is -2.25. The van der Waals surface area contributed by atoms with Crippen molar-refractivity contribution >= 4 is 21.8 Å². The number of methoxy groups -OCH3 is 1. The van der Waals surface area contributed by atoms with Gasteiger partial charge in [0.1, 0.15) is 5.75 Å². The van der Waals surface area contributed by atoms with E-state index >= 15 is 0 Å². The zero-order valence-electron chi connectivity index (χ0n) is 11.7. The quantitative estimate of drug-likeness (QED) is 0.782. The Hall–Kier alpha value is -1.07. The van der Waals surface area contributed by atoms with Crippen molar-refractivity contribution in [1.29, 1.82) is 0 Å². The summed E-state index contributed by atoms with van der Waals surface area (Å²) in [4.78, 5) is 14.2. The first-order valence-corrected chi connectivity index (χ1v) is 7.10. The van der Waals surface area contributed by atoms with E-state index in [1.807, 2.05) is 20.2 Å². The molecule has 106 valence electrons. The van der Waals surface area contributed by atoms with E-state index in [2.05, 4.69) is 26.1 Å². The summed E-state index contributed by atoms with van der Waals surface area (Å²) in [6.07, 6.45) is 2.05. The summed E-state index contributed by atoms with van der Waals surface area (Å²) in [6.45, 7) is 1.73. The molecule has 4 nitrogen and oxygen atoms in total. The van der Waals surface area contributed by atoms with Crippen molar-refractivity contribution in [3.8, 4) is 5.75 Å². The van der Waals surface area contributed by atoms with Gasteiger partial charge in [-0.15, -0.1) is 0 Å². The molecule has 0 aliphatic carbocycles. The first-order chi connectivity index (χ1) is 9.04. The number of hydrogen-bond donors (Lipinski definition) is 1. The Morgan fingerprint density at radius 3 is 2.74 bits per heavy atom. The third-order valence-electron chi connectivity index (χ3n) is 2.73. The number of ether oxygens (including phenoxy) is 1. The number of halogens is 1. The molecule has 0 heterocycles. The molecular formula is C14H21BrN2O2. The van der Waals surface area contributed by atoms with E-state index in [0.29, 0.717) is 17.9 Å². The van der Waals surface area contributed by atoms with Gasteiger partial charge in [0.2, 0.25) is 0 Å². The van der Waals surface area contributed by atoms with Gasteiger partial charge in [-0.2, -0.15) is 0 Å². The van der Waals surface area contributed by atoms with Gasteiger partial charge in [0.25, 0.3) is 5.91 Å². The second-order valence-electron chi connectivity index (χ2n) is 4.61. The monoisotopic (exact) mass is 328 g/mol. The SMILES string of the molecule is COc1cc(Br)ccc1C(=O)NCCCCN(C)C. The van der Waals surface area contributed by atoms with Gasteiger partial charge in [-0.05, 0) is 51.7 Å². The van der Waals surface area contributed by atoms with Crippen LogP contribution in [0.3, 0.4) is 0 Å². The van der Waals surface area contributed by atoms with Crippen LogP contribution in [0.25, 0.3) is 0 Å². The lowest BCUT2D eigenvalue weighted by atomic mass is 10.2. The van der Waals surface area contributed by atoms with Crippen molar-refractivity contribution < 1.29 is 9.53 Å². The minimum absolute atomic E-state index is 0.0887. The molecule has 0 spiro atoms. The van der Waals surface area contributed by atoms with E-state index in [4.69, 9.17) is 4.74 Å². The zero-order valence-corrected chi connectivity index (χ0v) is 13.3. The summed E-state index contributed by atoms with van der Waals surface area (Å²) in [6, 6.07) is 5.39. The molecule has 0 atom stereocenters. The molecule has 0 bridgehead atoms. The second kappa shape index (κ2) is 8.17. The van der Waals surface area contributed by atoms with Crippen LogP contribution in [0, 0.1) is 0 Å². The Balaban J connectivity index is 2.45. The van der Waals surface area contributed by atoms with E-state index in [1.54, 1.807) is 19.2 Å². The molecule has 1 N–H and O–H groups in total. The van der Waals surface area contributed by atoms with Crippen LogP contribution in [0.1, 0.15) is 23.2 Å². The molecule has 0 saturated heterocycles. The summed E-state index contributed by atoms with van der Waals surface area (Å²) in [5.74, 6) is 0.495. The van der Waals surface area contributed by atoms with Gasteiger partial charge in [-0.1, -0.05) is 15.9 Å². The molecule has 0 unspecified atom stereocenters. The fraction of sp³-hybridized carbons (Fsp3) is 0.500. The van der Waals surface area contributed by atoms with Gasteiger partial charge < -0.3 is 15.0 Å². The Kier molecular flexibility index (Phi) is 6.87. The number of carbonyl (C=O) groups is 1. The number of carbonyl (C=O) groups excluding carboxylic acids is 1. The predicted octanol–water partition coefficient (Wildman–Crippen LogP) is 2.53. The summed E-state index contributed by atoms with van der Waals surface area (Å²) in [7, 11) is 5.66. The molecule has 0 aliphatic rings. The molecule has 0 fully saturated rings. The van der Waals surface area contributed by atoms with Crippen LogP contribution in [0.2, 0.25) is 0 Å². The van der Waals surface area contributed by atoms with Gasteiger partial charge in [0.05, 0.1) is 12.7 Å². The summed E-state index contributed by atoms with van der Waals surface area (Å²) < 4.78 is 6.10. The van der Waals surface area contributed by atoms with Gasteiger partial charge in [-0.25, -0.2) is 0 Å². The number of rotatable bonds is 7. The molecule has 5 heteroatoms. The van der Waals surface area contributed by atoms with Crippen LogP contribution in [0.4, 0.5) is 0 Å². The fourth-order valence-electron chi connectivity index (χ4n) is 1.70. The highest BCUT2D eigenvalue weighted by Crippen LogP contribution is 2.23. The largest absolute Gasteiger partial charge is 0.496 e. The molecule has 0 aliphatic heterocycles. The second-order valence-corrected chi connectivity index (χ2v) is 5.53. The molecule has 19 heavy (non-hydrogen) atoms. The Labute approximate surface area is 123 Å². The van der Waals surface area contributed by atoms with Crippen LogP contribution in [0.5, 0.6) is 5.75 Å². The van der Waals surface area contributed by atoms with E-state index in [-0.39, 0.29) is 5.91 Å². The minimum Gasteiger partial charge on any atom is -0.496 e. The average molecular weight is 329 g/mol. The van der Waals surface area contributed by atoms with E-state index in [1.165, 1.54) is 0 Å². The molecule has 1 aromatic carbocycles. The van der Waals surface area contributed by atoms with Gasteiger partial charge >= 0.3 is 0 Å². The number of benzene rings is 1. The Morgan fingerprint density at radius 2 is 2.11 bits per heavy atom. The number of nitrogens with one attached hydrogen (secondary N) is 1. The molecule has 0 aromatic heterocycles. The molecule has 1 aromatic rings. The van der Waals surface area contributed by atoms with Crippen LogP contribution in [0.15, 0.2) is 22.7 Å². The number of nitrogens with zero attached hydrogens (tertiary/aromatic N) is 1. The molecular weight excluding hydrogens is 308 g/mol. The van der Waals surface area contributed by atoms with E-state index in [0.717, 1.165) is 23.9 Å². The minimum atomic E-state index is -0.0887. The van der Waals surface area contributed by atoms with Gasteiger partial charge in [0, 0.05) is 11.0 Å². The number of amides is 1. The highest BCUT2D eigenvalue weighted by atomic mass is 79.9. The smallest absolute Gasteiger partial charge is 0.255 e. The lowest BCUT2D eigenvalue weighted by molar-refractivity contribution is 0.0949. The highest BCUT2D eigenvalue weighted by molar-refractivity contribution is 9.10. The van der Waals surface area contributed by atoms with Crippen molar-refractivity contribution in [2.75, 3.05) is 34.3 Å². The van der Waals surface area contributed by atoms with Crippen molar-refractivity contribution in [3.63, 3.8) is 0 Å². The summed E-state index contributed by atoms with van der Waals surface area (Å²) in [5, 5.41) is 2.91. The van der Waals surface area contributed by atoms with E-state index in [9.17, 15) is 4.79 Å². The van der Waals surface area contributed by atoms with Gasteiger partial charge in [0.15, 0.2) is 0 Å². The highest BCUT2D eigenvalue weighted by Gasteiger charge is 2.11. The number of hydrogen-bond acceptors (Lipinski definition) is 3. The third kappa shape index (κ3) is 5.61. The van der Waals surface area contributed by atoms with Crippen LogP contribution >= 0.6 is 15.9 Å². The average Bonchev–Trinajstić information content (AvgIpc) is 2.37. The maximum Gasteiger partial charge on any atom is 0.255 e. The maximum atomic E-state index is 12.0. The van der Waals surface area contributed by atoms with E-state index < -0.39 is 0 Å². The van der Waals surface area contributed by atoms with Crippen molar-refractivity contribution in [1.82, 2.24) is 10.2 Å². The Morgan fingerprint density at radius 1 is 1.37 bits per heavy atom. The molecule has 1 amide bonds. The summed E-state index contributed by atoms with van der Waals surface area (Å²) in [5.41, 5.74) is 0.568. The normalized spacial score (nSPS) is 10.6. The molecule has 0 saturated carbocycles. The van der Waals surface area contributed by atoms with Crippen LogP contribution in [-0.4, -0.2) is 45.1 Å². The fourth-order valence-corrected chi connectivity index (χ4v) is 2.04. The molecule has 0 radical (unpaired) electrons. The van der Waals surface area contributed by atoms with Crippen LogP contribution in [-0.2, 0) is 0 Å². The predicted molar refractivity (Wildman–Crippen MR) is 80.8 cm³/mol. The molecule has 1 rings (SSSR count). The first kappa shape index (κ1) is 16.0. The lowest BCUT2D eigenvalue weighted by Gasteiger charge is -2.11. The Bertz CT molecular complexity index is 422. The summed E-state index contributed by atoms with van der Waals surface area (Å²) >= 11 is 3.36. The van der Waals surface area contributed by atoms with Crippen molar-refractivity contribution in [2.24, 2.45) is 0 Å². The van der Waals surface area contributed by atoms with Gasteiger partial charge in [-0.3, -0.25) is 4.79 Å². The van der Waals surface area contributed by atoms with Crippen LogP contribution < -0.4 is 10.1 Å². The van der Waals surface area contributed by atoms with Crippen molar-refractivity contribution in [2.45, 2.75) is 12.8 Å². The third-order valence-corrected chi connectivity index (χ3v) is 3.22. The van der Waals surface area contributed by atoms with Crippen molar-refractivity contribution in [3.05, 3.63) is 28.2 Å². The first-order valence-electron chi connectivity index (χ1n) is 6.31. The zero-order chi connectivity index (χ0) is 14.3. The topological polar surface area (TPSA) is 41.6 Å². The maximum absolute atomic E-state index is 12.0.